The molecule has 0 saturated heterocycles. The second kappa shape index (κ2) is 7.33. The fraction of sp³-hybridized carbons (Fsp3) is 0. The molecule has 0 radical (unpaired) electrons. The Morgan fingerprint density at radius 1 is 0.828 bits per heavy atom. The standard InChI is InChI=1S/C23H15N3O2S/c27-22-20(29-23-25-24-21(26(22)23)17-9-3-1-4-10-17)15-16-8-7-13-19(14-16)28-18-11-5-2-6-12-18/h1-15H/b20-15+. The van der Waals surface area contributed by atoms with E-state index in [1.807, 2.05) is 91.0 Å². The molecule has 5 nitrogen and oxygen atoms in total. The van der Waals surface area contributed by atoms with E-state index in [0.29, 0.717) is 21.1 Å². The lowest BCUT2D eigenvalue weighted by atomic mass is 10.2. The maximum Gasteiger partial charge on any atom is 0.276 e. The molecule has 0 unspecified atom stereocenters. The van der Waals surface area contributed by atoms with E-state index in [2.05, 4.69) is 10.2 Å². The maximum atomic E-state index is 13.0. The Balaban J connectivity index is 1.55. The Kier molecular flexibility index (Phi) is 4.38. The molecule has 0 saturated carbocycles. The van der Waals surface area contributed by atoms with Crippen molar-refractivity contribution in [3.05, 3.63) is 105 Å². The molecule has 2 aromatic heterocycles. The van der Waals surface area contributed by atoms with Gasteiger partial charge < -0.3 is 4.74 Å². The van der Waals surface area contributed by atoms with Gasteiger partial charge in [0.1, 0.15) is 11.5 Å². The van der Waals surface area contributed by atoms with E-state index in [1.54, 1.807) is 4.40 Å². The van der Waals surface area contributed by atoms with Crippen molar-refractivity contribution in [2.75, 3.05) is 0 Å². The summed E-state index contributed by atoms with van der Waals surface area (Å²) >= 11 is 1.32. The largest absolute Gasteiger partial charge is 0.457 e. The van der Waals surface area contributed by atoms with E-state index in [-0.39, 0.29) is 5.56 Å². The van der Waals surface area contributed by atoms with Gasteiger partial charge in [0.2, 0.25) is 4.96 Å². The van der Waals surface area contributed by atoms with Gasteiger partial charge in [-0.05, 0) is 35.9 Å². The van der Waals surface area contributed by atoms with Gasteiger partial charge in [-0.1, -0.05) is 72.0 Å². The molecule has 5 aromatic rings. The van der Waals surface area contributed by atoms with E-state index >= 15 is 0 Å². The van der Waals surface area contributed by atoms with Crippen molar-refractivity contribution in [3.63, 3.8) is 0 Å². The van der Waals surface area contributed by atoms with Crippen LogP contribution in [0, 0.1) is 0 Å². The zero-order valence-electron chi connectivity index (χ0n) is 15.2. The fourth-order valence-corrected chi connectivity index (χ4v) is 3.99. The monoisotopic (exact) mass is 397 g/mol. The summed E-state index contributed by atoms with van der Waals surface area (Å²) in [7, 11) is 0. The smallest absolute Gasteiger partial charge is 0.276 e. The fourth-order valence-electron chi connectivity index (χ4n) is 3.08. The van der Waals surface area contributed by atoms with Crippen molar-refractivity contribution in [1.82, 2.24) is 14.6 Å². The summed E-state index contributed by atoms with van der Waals surface area (Å²) in [5.41, 5.74) is 1.62. The summed E-state index contributed by atoms with van der Waals surface area (Å²) in [6.07, 6.45) is 1.86. The molecule has 0 bridgehead atoms. The number of fused-ring (bicyclic) bond motifs is 1. The van der Waals surface area contributed by atoms with Crippen molar-refractivity contribution in [2.24, 2.45) is 0 Å². The number of hydrogen-bond donors (Lipinski definition) is 0. The molecule has 0 N–H and O–H groups in total. The SMILES string of the molecule is O=c1/c(=C\c2cccc(Oc3ccccc3)c2)sc2nnc(-c3ccccc3)n12. The number of ether oxygens (including phenoxy) is 1. The lowest BCUT2D eigenvalue weighted by Gasteiger charge is -2.05. The van der Waals surface area contributed by atoms with Crippen LogP contribution < -0.4 is 14.8 Å². The van der Waals surface area contributed by atoms with Gasteiger partial charge in [-0.15, -0.1) is 10.2 Å². The molecule has 0 amide bonds. The molecular weight excluding hydrogens is 382 g/mol. The van der Waals surface area contributed by atoms with E-state index < -0.39 is 0 Å². The number of rotatable bonds is 4. The number of nitrogens with zero attached hydrogens (tertiary/aromatic N) is 3. The van der Waals surface area contributed by atoms with E-state index in [9.17, 15) is 4.79 Å². The van der Waals surface area contributed by atoms with Crippen molar-refractivity contribution in [2.45, 2.75) is 0 Å². The molecule has 0 fully saturated rings. The minimum absolute atomic E-state index is 0.122. The first kappa shape index (κ1) is 17.3. The van der Waals surface area contributed by atoms with Crippen LogP contribution in [0.1, 0.15) is 5.56 Å². The van der Waals surface area contributed by atoms with Crippen LogP contribution in [0.5, 0.6) is 11.5 Å². The van der Waals surface area contributed by atoms with Crippen LogP contribution in [0.15, 0.2) is 89.7 Å². The molecule has 0 aliphatic carbocycles. The number of para-hydroxylation sites is 1. The molecule has 29 heavy (non-hydrogen) atoms. The van der Waals surface area contributed by atoms with Crippen LogP contribution >= 0.6 is 11.3 Å². The van der Waals surface area contributed by atoms with Crippen LogP contribution in [-0.2, 0) is 0 Å². The van der Waals surface area contributed by atoms with Gasteiger partial charge in [0, 0.05) is 5.56 Å². The highest BCUT2D eigenvalue weighted by atomic mass is 32.1. The van der Waals surface area contributed by atoms with Gasteiger partial charge in [-0.25, -0.2) is 4.40 Å². The molecule has 0 aliphatic heterocycles. The van der Waals surface area contributed by atoms with E-state index in [4.69, 9.17) is 4.74 Å². The predicted octanol–water partition coefficient (Wildman–Crippen LogP) is 4.16. The normalized spacial score (nSPS) is 11.8. The number of benzene rings is 3. The number of aromatic nitrogens is 3. The summed E-state index contributed by atoms with van der Waals surface area (Å²) < 4.78 is 8.05. The lowest BCUT2D eigenvalue weighted by Crippen LogP contribution is -2.23. The highest BCUT2D eigenvalue weighted by Crippen LogP contribution is 2.22. The second-order valence-electron chi connectivity index (χ2n) is 6.41. The van der Waals surface area contributed by atoms with Gasteiger partial charge in [-0.3, -0.25) is 4.79 Å². The Morgan fingerprint density at radius 2 is 1.55 bits per heavy atom. The zero-order valence-corrected chi connectivity index (χ0v) is 16.0. The van der Waals surface area contributed by atoms with Crippen LogP contribution in [0.2, 0.25) is 0 Å². The quantitative estimate of drug-likeness (QED) is 0.457. The predicted molar refractivity (Wildman–Crippen MR) is 114 cm³/mol. The van der Waals surface area contributed by atoms with Crippen LogP contribution in [0.3, 0.4) is 0 Å². The molecule has 6 heteroatoms. The number of hydrogen-bond acceptors (Lipinski definition) is 5. The van der Waals surface area contributed by atoms with Crippen molar-refractivity contribution in [3.8, 4) is 22.9 Å². The summed E-state index contributed by atoms with van der Waals surface area (Å²) in [5.74, 6) is 2.04. The highest BCUT2D eigenvalue weighted by molar-refractivity contribution is 7.15. The third-order valence-electron chi connectivity index (χ3n) is 4.42. The van der Waals surface area contributed by atoms with Gasteiger partial charge in [0.05, 0.1) is 4.53 Å². The summed E-state index contributed by atoms with van der Waals surface area (Å²) in [6.45, 7) is 0. The van der Waals surface area contributed by atoms with Crippen LogP contribution in [-0.4, -0.2) is 14.6 Å². The molecule has 0 atom stereocenters. The summed E-state index contributed by atoms with van der Waals surface area (Å²) in [6, 6.07) is 26.8. The Hall–Kier alpha value is -3.77. The molecule has 3 aromatic carbocycles. The zero-order chi connectivity index (χ0) is 19.6. The van der Waals surface area contributed by atoms with E-state index in [0.717, 1.165) is 16.9 Å². The maximum absolute atomic E-state index is 13.0. The first-order valence-corrected chi connectivity index (χ1v) is 9.88. The van der Waals surface area contributed by atoms with Gasteiger partial charge >= 0.3 is 0 Å². The summed E-state index contributed by atoms with van der Waals surface area (Å²) in [5, 5.41) is 8.36. The molecular formula is C23H15N3O2S. The van der Waals surface area contributed by atoms with Gasteiger partial charge in [-0.2, -0.15) is 0 Å². The van der Waals surface area contributed by atoms with Crippen LogP contribution in [0.25, 0.3) is 22.4 Å². The third-order valence-corrected chi connectivity index (χ3v) is 5.37. The summed E-state index contributed by atoms with van der Waals surface area (Å²) in [4.78, 5) is 13.6. The minimum Gasteiger partial charge on any atom is -0.457 e. The third kappa shape index (κ3) is 3.41. The molecule has 2 heterocycles. The van der Waals surface area contributed by atoms with Crippen molar-refractivity contribution < 1.29 is 4.74 Å². The van der Waals surface area contributed by atoms with Crippen LogP contribution in [0.4, 0.5) is 0 Å². The van der Waals surface area contributed by atoms with Crippen molar-refractivity contribution in [1.29, 1.82) is 0 Å². The first-order valence-electron chi connectivity index (χ1n) is 9.06. The lowest BCUT2D eigenvalue weighted by molar-refractivity contribution is 0.482. The van der Waals surface area contributed by atoms with E-state index in [1.165, 1.54) is 11.3 Å². The van der Waals surface area contributed by atoms with Gasteiger partial charge in [0.25, 0.3) is 5.56 Å². The molecule has 140 valence electrons. The molecule has 5 rings (SSSR count). The molecule has 0 aliphatic rings. The Labute approximate surface area is 170 Å². The van der Waals surface area contributed by atoms with Crippen molar-refractivity contribution >= 4 is 22.4 Å². The Morgan fingerprint density at radius 3 is 2.34 bits per heavy atom. The molecule has 0 spiro atoms. The average Bonchev–Trinajstić information content (AvgIpc) is 3.30. The highest BCUT2D eigenvalue weighted by Gasteiger charge is 2.13. The first-order chi connectivity index (χ1) is 14.3. The van der Waals surface area contributed by atoms with Gasteiger partial charge in [0.15, 0.2) is 5.82 Å². The average molecular weight is 397 g/mol. The minimum atomic E-state index is -0.122. The second-order valence-corrected chi connectivity index (χ2v) is 7.42. The topological polar surface area (TPSA) is 56.5 Å². The Bertz CT molecular complexity index is 1390. The number of thiazole rings is 1.